The molecule has 0 saturated carbocycles. The van der Waals surface area contributed by atoms with Crippen LogP contribution in [0.5, 0.6) is 0 Å². The molecule has 2 rings (SSSR count). The van der Waals surface area contributed by atoms with Crippen LogP contribution in [0.4, 0.5) is 0 Å². The minimum absolute atomic E-state index is 0.387. The number of carbonyl (C=O) groups is 1. The van der Waals surface area contributed by atoms with E-state index in [4.69, 9.17) is 4.74 Å². The zero-order valence-corrected chi connectivity index (χ0v) is 10.8. The molecule has 1 aliphatic carbocycles. The largest absolute Gasteiger partial charge is 0.465 e. The summed E-state index contributed by atoms with van der Waals surface area (Å²) in [4.78, 5) is 28.1. The first-order chi connectivity index (χ1) is 9.22. The summed E-state index contributed by atoms with van der Waals surface area (Å²) in [6, 6.07) is 0. The smallest absolute Gasteiger partial charge is 0.337 e. The molecule has 0 amide bonds. The first kappa shape index (κ1) is 13.7. The predicted octanol–water partition coefficient (Wildman–Crippen LogP) is 0.410. The van der Waals surface area contributed by atoms with Gasteiger partial charge < -0.3 is 9.47 Å². The Morgan fingerprint density at radius 1 is 1.53 bits per heavy atom. The van der Waals surface area contributed by atoms with E-state index >= 15 is 0 Å². The van der Waals surface area contributed by atoms with E-state index in [2.05, 4.69) is 14.6 Å². The van der Waals surface area contributed by atoms with E-state index in [1.807, 2.05) is 0 Å². The van der Waals surface area contributed by atoms with Crippen molar-refractivity contribution in [2.45, 2.75) is 12.1 Å². The highest BCUT2D eigenvalue weighted by Gasteiger charge is 2.36. The highest BCUT2D eigenvalue weighted by Crippen LogP contribution is 2.29. The van der Waals surface area contributed by atoms with Crippen LogP contribution in [-0.4, -0.2) is 56.0 Å². The van der Waals surface area contributed by atoms with Gasteiger partial charge in [0.05, 0.1) is 25.9 Å². The Kier molecular flexibility index (Phi) is 4.27. The van der Waals surface area contributed by atoms with Crippen molar-refractivity contribution < 1.29 is 19.1 Å². The van der Waals surface area contributed by atoms with Crippen molar-refractivity contribution in [1.29, 1.82) is 0 Å². The highest BCUT2D eigenvalue weighted by atomic mass is 16.5. The molecule has 0 spiro atoms. The maximum atomic E-state index is 11.4. The third-order valence-electron chi connectivity index (χ3n) is 3.37. The van der Waals surface area contributed by atoms with Gasteiger partial charge in [-0.05, 0) is 12.2 Å². The number of hydrogen-bond donors (Lipinski definition) is 0. The van der Waals surface area contributed by atoms with Crippen molar-refractivity contribution in [3.63, 3.8) is 0 Å². The molecule has 19 heavy (non-hydrogen) atoms. The number of isocyanates is 1. The van der Waals surface area contributed by atoms with Crippen molar-refractivity contribution in [2.24, 2.45) is 4.99 Å². The quantitative estimate of drug-likeness (QED) is 0.419. The van der Waals surface area contributed by atoms with Gasteiger partial charge in [-0.15, -0.1) is 0 Å². The molecule has 1 unspecified atom stereocenters. The van der Waals surface area contributed by atoms with Crippen LogP contribution in [-0.2, 0) is 19.1 Å². The van der Waals surface area contributed by atoms with Crippen molar-refractivity contribution in [3.05, 3.63) is 23.8 Å². The zero-order valence-electron chi connectivity index (χ0n) is 10.8. The Morgan fingerprint density at radius 3 is 2.79 bits per heavy atom. The van der Waals surface area contributed by atoms with Gasteiger partial charge >= 0.3 is 5.97 Å². The van der Waals surface area contributed by atoms with E-state index in [1.54, 1.807) is 24.3 Å². The van der Waals surface area contributed by atoms with Gasteiger partial charge in [0, 0.05) is 19.5 Å². The van der Waals surface area contributed by atoms with Crippen LogP contribution in [0, 0.1) is 0 Å². The van der Waals surface area contributed by atoms with Gasteiger partial charge in [-0.3, -0.25) is 4.90 Å². The number of carbonyl (C=O) groups excluding carboxylic acids is 2. The van der Waals surface area contributed by atoms with E-state index in [-0.39, 0.29) is 5.97 Å². The minimum Gasteiger partial charge on any atom is -0.465 e. The summed E-state index contributed by atoms with van der Waals surface area (Å²) in [5.41, 5.74) is -0.268. The maximum Gasteiger partial charge on any atom is 0.337 e. The number of methoxy groups -OCH3 is 1. The molecule has 2 aliphatic rings. The number of rotatable bonds is 3. The fourth-order valence-corrected chi connectivity index (χ4v) is 2.31. The number of aliphatic imine (C=N–C) groups is 1. The van der Waals surface area contributed by atoms with Crippen molar-refractivity contribution in [2.75, 3.05) is 33.4 Å². The summed E-state index contributed by atoms with van der Waals surface area (Å²) in [6.45, 7) is 2.60. The summed E-state index contributed by atoms with van der Waals surface area (Å²) in [5, 5.41) is 0. The lowest BCUT2D eigenvalue weighted by Crippen LogP contribution is -2.51. The molecule has 0 N–H and O–H groups in total. The van der Waals surface area contributed by atoms with E-state index in [1.165, 1.54) is 7.11 Å². The predicted molar refractivity (Wildman–Crippen MR) is 67.1 cm³/mol. The van der Waals surface area contributed by atoms with Crippen LogP contribution in [0.3, 0.4) is 0 Å². The molecule has 0 radical (unpaired) electrons. The van der Waals surface area contributed by atoms with E-state index in [0.29, 0.717) is 38.3 Å². The van der Waals surface area contributed by atoms with E-state index in [9.17, 15) is 9.59 Å². The second kappa shape index (κ2) is 5.93. The maximum absolute atomic E-state index is 11.4. The lowest BCUT2D eigenvalue weighted by molar-refractivity contribution is -0.135. The number of hydrogen-bond acceptors (Lipinski definition) is 6. The number of morpholine rings is 1. The van der Waals surface area contributed by atoms with E-state index in [0.717, 1.165) is 0 Å². The van der Waals surface area contributed by atoms with Gasteiger partial charge in [0.25, 0.3) is 0 Å². The standard InChI is InChI=1S/C13H16N2O4/c1-18-12(17)11-2-4-13(5-3-11,14-10-16)15-6-8-19-9-7-15/h2-4H,5-9H2,1H3. The molecule has 1 heterocycles. The minimum atomic E-state index is -0.747. The molecule has 1 saturated heterocycles. The van der Waals surface area contributed by atoms with Gasteiger partial charge in [0.2, 0.25) is 6.08 Å². The number of ether oxygens (including phenoxy) is 2. The number of nitrogens with zero attached hydrogens (tertiary/aromatic N) is 2. The summed E-state index contributed by atoms with van der Waals surface area (Å²) in [6.07, 6.45) is 7.22. The summed E-state index contributed by atoms with van der Waals surface area (Å²) < 4.78 is 9.96. The van der Waals surface area contributed by atoms with Crippen LogP contribution in [0.15, 0.2) is 28.8 Å². The second-order valence-electron chi connectivity index (χ2n) is 4.37. The SMILES string of the molecule is COC(=O)C1=CCC(N=C=O)(N2CCOCC2)C=C1. The average molecular weight is 264 g/mol. The zero-order chi connectivity index (χ0) is 13.7. The van der Waals surface area contributed by atoms with Crippen molar-refractivity contribution >= 4 is 12.0 Å². The molecular weight excluding hydrogens is 248 g/mol. The van der Waals surface area contributed by atoms with Gasteiger partial charge in [-0.2, -0.15) is 4.99 Å². The summed E-state index contributed by atoms with van der Waals surface area (Å²) >= 11 is 0. The lowest BCUT2D eigenvalue weighted by Gasteiger charge is -2.40. The van der Waals surface area contributed by atoms with E-state index < -0.39 is 5.66 Å². The van der Waals surface area contributed by atoms with Crippen LogP contribution >= 0.6 is 0 Å². The Bertz CT molecular complexity index is 459. The molecule has 0 bridgehead atoms. The number of esters is 1. The summed E-state index contributed by atoms with van der Waals surface area (Å²) in [5.74, 6) is -0.387. The molecule has 102 valence electrons. The van der Waals surface area contributed by atoms with Gasteiger partial charge in [0.1, 0.15) is 5.66 Å². The van der Waals surface area contributed by atoms with Crippen LogP contribution in [0.25, 0.3) is 0 Å². The van der Waals surface area contributed by atoms with Gasteiger partial charge in [-0.25, -0.2) is 9.59 Å². The summed E-state index contributed by atoms with van der Waals surface area (Å²) in [7, 11) is 1.34. The Morgan fingerprint density at radius 2 is 2.26 bits per heavy atom. The Labute approximate surface area is 111 Å². The fraction of sp³-hybridized carbons (Fsp3) is 0.538. The molecule has 0 aromatic heterocycles. The molecule has 1 fully saturated rings. The van der Waals surface area contributed by atoms with Crippen LogP contribution in [0.1, 0.15) is 6.42 Å². The van der Waals surface area contributed by atoms with Crippen molar-refractivity contribution in [3.8, 4) is 0 Å². The first-order valence-corrected chi connectivity index (χ1v) is 6.11. The average Bonchev–Trinajstić information content (AvgIpc) is 2.48. The highest BCUT2D eigenvalue weighted by molar-refractivity contribution is 5.91. The molecule has 6 heteroatoms. The van der Waals surface area contributed by atoms with Crippen LogP contribution < -0.4 is 0 Å². The normalized spacial score (nSPS) is 27.3. The van der Waals surface area contributed by atoms with Gasteiger partial charge in [0.15, 0.2) is 0 Å². The van der Waals surface area contributed by atoms with Crippen LogP contribution in [0.2, 0.25) is 0 Å². The second-order valence-corrected chi connectivity index (χ2v) is 4.37. The molecular formula is C13H16N2O4. The third-order valence-corrected chi connectivity index (χ3v) is 3.37. The van der Waals surface area contributed by atoms with Crippen molar-refractivity contribution in [1.82, 2.24) is 4.90 Å². The topological polar surface area (TPSA) is 68.2 Å². The molecule has 6 nitrogen and oxygen atoms in total. The first-order valence-electron chi connectivity index (χ1n) is 6.11. The molecule has 1 aliphatic heterocycles. The Balaban J connectivity index is 2.20. The third kappa shape index (κ3) is 2.81. The monoisotopic (exact) mass is 264 g/mol. The fourth-order valence-electron chi connectivity index (χ4n) is 2.31. The lowest BCUT2D eigenvalue weighted by atomic mass is 9.95. The molecule has 0 aromatic carbocycles. The molecule has 0 aromatic rings. The molecule has 1 atom stereocenters. The Hall–Kier alpha value is -1.75. The van der Waals surface area contributed by atoms with Gasteiger partial charge in [-0.1, -0.05) is 6.08 Å².